The summed E-state index contributed by atoms with van der Waals surface area (Å²) >= 11 is 0. The first-order valence-electron chi connectivity index (χ1n) is 5.42. The number of likely N-dealkylation sites (N-methyl/N-ethyl adjacent to an activating group) is 1. The molecule has 0 rings (SSSR count). The predicted molar refractivity (Wildman–Crippen MR) is 59.1 cm³/mol. The summed E-state index contributed by atoms with van der Waals surface area (Å²) in [5, 5.41) is 3.20. The van der Waals surface area contributed by atoms with E-state index >= 15 is 0 Å². The smallest absolute Gasteiger partial charge is 0.218 e. The zero-order valence-electron chi connectivity index (χ0n) is 9.38. The average Bonchev–Trinajstić information content (AvgIpc) is 2.15. The number of nitrogens with zero attached hydrogens (tertiary/aromatic N) is 1. The van der Waals surface area contributed by atoms with E-state index in [0.717, 1.165) is 26.2 Å². The van der Waals surface area contributed by atoms with Gasteiger partial charge in [-0.3, -0.25) is 4.79 Å². The number of nitrogens with two attached hydrogens (primary N) is 1. The molecule has 0 saturated carbocycles. The topological polar surface area (TPSA) is 58.4 Å². The molecule has 14 heavy (non-hydrogen) atoms. The molecule has 1 amide bonds. The molecule has 0 aliphatic heterocycles. The quantitative estimate of drug-likeness (QED) is 0.523. The molecule has 0 bridgehead atoms. The van der Waals surface area contributed by atoms with E-state index in [9.17, 15) is 4.79 Å². The van der Waals surface area contributed by atoms with Gasteiger partial charge in [-0.2, -0.15) is 0 Å². The van der Waals surface area contributed by atoms with Gasteiger partial charge in [-0.05, 0) is 19.5 Å². The van der Waals surface area contributed by atoms with E-state index in [1.165, 1.54) is 6.42 Å². The van der Waals surface area contributed by atoms with Gasteiger partial charge in [0, 0.05) is 26.1 Å². The van der Waals surface area contributed by atoms with Gasteiger partial charge in [0.05, 0.1) is 0 Å². The van der Waals surface area contributed by atoms with Crippen LogP contribution in [0.15, 0.2) is 0 Å². The summed E-state index contributed by atoms with van der Waals surface area (Å²) in [6.07, 6.45) is 1.62. The van der Waals surface area contributed by atoms with E-state index in [4.69, 9.17) is 5.73 Å². The molecule has 0 aromatic rings. The summed E-state index contributed by atoms with van der Waals surface area (Å²) in [6, 6.07) is 0. The van der Waals surface area contributed by atoms with Crippen molar-refractivity contribution in [2.45, 2.75) is 26.7 Å². The van der Waals surface area contributed by atoms with Gasteiger partial charge >= 0.3 is 0 Å². The molecular weight excluding hydrogens is 178 g/mol. The van der Waals surface area contributed by atoms with Crippen molar-refractivity contribution in [3.63, 3.8) is 0 Å². The van der Waals surface area contributed by atoms with Crippen molar-refractivity contribution in [2.75, 3.05) is 32.7 Å². The molecule has 4 nitrogen and oxygen atoms in total. The lowest BCUT2D eigenvalue weighted by molar-refractivity contribution is -0.117. The van der Waals surface area contributed by atoms with Crippen LogP contribution in [0.25, 0.3) is 0 Å². The molecule has 3 N–H and O–H groups in total. The van der Waals surface area contributed by atoms with Crippen molar-refractivity contribution in [3.8, 4) is 0 Å². The third kappa shape index (κ3) is 8.01. The number of primary amides is 1. The lowest BCUT2D eigenvalue weighted by Crippen LogP contribution is -2.33. The highest BCUT2D eigenvalue weighted by Crippen LogP contribution is 1.88. The Kier molecular flexibility index (Phi) is 8.57. The van der Waals surface area contributed by atoms with E-state index in [-0.39, 0.29) is 5.91 Å². The Balaban J connectivity index is 3.28. The predicted octanol–water partition coefficient (Wildman–Crippen LogP) is 0.183. The summed E-state index contributed by atoms with van der Waals surface area (Å²) in [6.45, 7) is 9.25. The fourth-order valence-corrected chi connectivity index (χ4v) is 1.32. The zero-order valence-corrected chi connectivity index (χ0v) is 9.38. The molecule has 0 aliphatic carbocycles. The molecule has 4 heteroatoms. The summed E-state index contributed by atoms with van der Waals surface area (Å²) < 4.78 is 0. The minimum Gasteiger partial charge on any atom is -0.370 e. The molecule has 0 aromatic carbocycles. The number of amides is 1. The van der Waals surface area contributed by atoms with E-state index in [0.29, 0.717) is 13.0 Å². The van der Waals surface area contributed by atoms with Gasteiger partial charge in [0.15, 0.2) is 0 Å². The van der Waals surface area contributed by atoms with Crippen LogP contribution in [-0.2, 0) is 4.79 Å². The Hall–Kier alpha value is -0.610. The van der Waals surface area contributed by atoms with Crippen molar-refractivity contribution in [1.82, 2.24) is 10.2 Å². The normalized spacial score (nSPS) is 10.8. The zero-order chi connectivity index (χ0) is 10.8. The van der Waals surface area contributed by atoms with E-state index < -0.39 is 0 Å². The second-order valence-corrected chi connectivity index (χ2v) is 3.40. The van der Waals surface area contributed by atoms with Crippen molar-refractivity contribution in [3.05, 3.63) is 0 Å². The SMILES string of the molecule is CCCN(CC)CCNCCC(N)=O. The number of nitrogens with one attached hydrogen (secondary N) is 1. The van der Waals surface area contributed by atoms with Crippen LogP contribution in [-0.4, -0.2) is 43.5 Å². The van der Waals surface area contributed by atoms with Crippen molar-refractivity contribution >= 4 is 5.91 Å². The van der Waals surface area contributed by atoms with Gasteiger partial charge < -0.3 is 16.0 Å². The lowest BCUT2D eigenvalue weighted by atomic mass is 10.4. The fraction of sp³-hybridized carbons (Fsp3) is 0.900. The van der Waals surface area contributed by atoms with E-state index in [1.807, 2.05) is 0 Å². The molecule has 0 heterocycles. The number of hydrogen-bond acceptors (Lipinski definition) is 3. The molecular formula is C10H23N3O. The molecule has 0 aliphatic rings. The van der Waals surface area contributed by atoms with Gasteiger partial charge in [0.25, 0.3) is 0 Å². The third-order valence-electron chi connectivity index (χ3n) is 2.14. The van der Waals surface area contributed by atoms with Gasteiger partial charge in [-0.1, -0.05) is 13.8 Å². The van der Waals surface area contributed by atoms with Crippen LogP contribution in [0.5, 0.6) is 0 Å². The Labute approximate surface area is 86.8 Å². The number of hydrogen-bond donors (Lipinski definition) is 2. The summed E-state index contributed by atoms with van der Waals surface area (Å²) in [5.74, 6) is -0.238. The van der Waals surface area contributed by atoms with Crippen LogP contribution in [0.4, 0.5) is 0 Å². The van der Waals surface area contributed by atoms with Gasteiger partial charge in [0.1, 0.15) is 0 Å². The summed E-state index contributed by atoms with van der Waals surface area (Å²) in [7, 11) is 0. The summed E-state index contributed by atoms with van der Waals surface area (Å²) in [5.41, 5.74) is 5.02. The average molecular weight is 201 g/mol. The minimum atomic E-state index is -0.238. The van der Waals surface area contributed by atoms with Crippen molar-refractivity contribution in [2.24, 2.45) is 5.73 Å². The van der Waals surface area contributed by atoms with Crippen molar-refractivity contribution < 1.29 is 4.79 Å². The van der Waals surface area contributed by atoms with Gasteiger partial charge in [-0.25, -0.2) is 0 Å². The number of rotatable bonds is 9. The maximum atomic E-state index is 10.4. The molecule has 0 radical (unpaired) electrons. The van der Waals surface area contributed by atoms with Gasteiger partial charge in [-0.15, -0.1) is 0 Å². The van der Waals surface area contributed by atoms with E-state index in [1.54, 1.807) is 0 Å². The first kappa shape index (κ1) is 13.4. The standard InChI is InChI=1S/C10H23N3O/c1-3-8-13(4-2)9-7-12-6-5-10(11)14/h12H,3-9H2,1-2H3,(H2,11,14). The first-order chi connectivity index (χ1) is 6.70. The molecule has 84 valence electrons. The van der Waals surface area contributed by atoms with Gasteiger partial charge in [0.2, 0.25) is 5.91 Å². The third-order valence-corrected chi connectivity index (χ3v) is 2.14. The monoisotopic (exact) mass is 201 g/mol. The number of carbonyl (C=O) groups is 1. The molecule has 0 atom stereocenters. The largest absolute Gasteiger partial charge is 0.370 e. The van der Waals surface area contributed by atoms with Crippen LogP contribution in [0, 0.1) is 0 Å². The Morgan fingerprint density at radius 1 is 1.29 bits per heavy atom. The molecule has 0 spiro atoms. The Morgan fingerprint density at radius 2 is 2.00 bits per heavy atom. The Morgan fingerprint density at radius 3 is 2.50 bits per heavy atom. The molecule has 0 fully saturated rings. The maximum Gasteiger partial charge on any atom is 0.218 e. The van der Waals surface area contributed by atoms with Crippen LogP contribution < -0.4 is 11.1 Å². The van der Waals surface area contributed by atoms with Crippen LogP contribution in [0.1, 0.15) is 26.7 Å². The highest BCUT2D eigenvalue weighted by Gasteiger charge is 1.99. The Bertz CT molecular complexity index is 150. The second-order valence-electron chi connectivity index (χ2n) is 3.40. The first-order valence-corrected chi connectivity index (χ1v) is 5.42. The maximum absolute atomic E-state index is 10.4. The molecule has 0 saturated heterocycles. The van der Waals surface area contributed by atoms with Crippen molar-refractivity contribution in [1.29, 1.82) is 0 Å². The highest BCUT2D eigenvalue weighted by molar-refractivity contribution is 5.73. The second kappa shape index (κ2) is 8.97. The van der Waals surface area contributed by atoms with Crippen LogP contribution in [0.2, 0.25) is 0 Å². The number of carbonyl (C=O) groups excluding carboxylic acids is 1. The minimum absolute atomic E-state index is 0.238. The lowest BCUT2D eigenvalue weighted by Gasteiger charge is -2.19. The van der Waals surface area contributed by atoms with Crippen LogP contribution >= 0.6 is 0 Å². The van der Waals surface area contributed by atoms with Crippen LogP contribution in [0.3, 0.4) is 0 Å². The molecule has 0 aromatic heterocycles. The highest BCUT2D eigenvalue weighted by atomic mass is 16.1. The van der Waals surface area contributed by atoms with E-state index in [2.05, 4.69) is 24.1 Å². The molecule has 0 unspecified atom stereocenters. The fourth-order valence-electron chi connectivity index (χ4n) is 1.32. The summed E-state index contributed by atoms with van der Waals surface area (Å²) in [4.78, 5) is 12.8.